The van der Waals surface area contributed by atoms with E-state index >= 15 is 0 Å². The van der Waals surface area contributed by atoms with Gasteiger partial charge in [-0.25, -0.2) is 0 Å². The van der Waals surface area contributed by atoms with Gasteiger partial charge in [-0.2, -0.15) is 0 Å². The van der Waals surface area contributed by atoms with Crippen molar-refractivity contribution in [3.8, 4) is 0 Å². The summed E-state index contributed by atoms with van der Waals surface area (Å²) in [6.07, 6.45) is 2.01. The van der Waals surface area contributed by atoms with E-state index in [4.69, 9.17) is 4.42 Å². The Labute approximate surface area is 68.4 Å². The third kappa shape index (κ3) is 1.32. The van der Waals surface area contributed by atoms with Crippen molar-refractivity contribution >= 4 is 0 Å². The van der Waals surface area contributed by atoms with Crippen LogP contribution in [0.15, 0.2) is 4.42 Å². The van der Waals surface area contributed by atoms with Crippen molar-refractivity contribution < 1.29 is 4.42 Å². The first-order valence-corrected chi connectivity index (χ1v) is 4.28. The highest BCUT2D eigenvalue weighted by Gasteiger charge is 2.09. The van der Waals surface area contributed by atoms with Gasteiger partial charge in [0.1, 0.15) is 11.5 Å². The van der Waals surface area contributed by atoms with Crippen molar-refractivity contribution in [3.05, 3.63) is 22.6 Å². The standard InChI is InChI=1S/C10H16O/c1-5-9-7(3)8(4)10(6-2)11-9/h5-6H2,1-4H3. The number of aryl methyl sites for hydroxylation is 2. The molecule has 0 aromatic carbocycles. The van der Waals surface area contributed by atoms with Crippen LogP contribution in [0.5, 0.6) is 0 Å². The van der Waals surface area contributed by atoms with E-state index in [9.17, 15) is 0 Å². The molecular formula is C10H16O. The topological polar surface area (TPSA) is 13.1 Å². The first-order chi connectivity index (χ1) is 5.20. The summed E-state index contributed by atoms with van der Waals surface area (Å²) < 4.78 is 5.64. The molecule has 0 spiro atoms. The molecule has 0 unspecified atom stereocenters. The minimum atomic E-state index is 1.01. The molecule has 0 saturated carbocycles. The van der Waals surface area contributed by atoms with Gasteiger partial charge in [0.2, 0.25) is 0 Å². The lowest BCUT2D eigenvalue weighted by atomic mass is 10.1. The monoisotopic (exact) mass is 152 g/mol. The molecular weight excluding hydrogens is 136 g/mol. The van der Waals surface area contributed by atoms with E-state index in [2.05, 4.69) is 27.7 Å². The zero-order chi connectivity index (χ0) is 8.43. The number of hydrogen-bond donors (Lipinski definition) is 0. The second kappa shape index (κ2) is 3.12. The minimum Gasteiger partial charge on any atom is -0.466 e. The zero-order valence-electron chi connectivity index (χ0n) is 7.82. The fraction of sp³-hybridized carbons (Fsp3) is 0.600. The summed E-state index contributed by atoms with van der Waals surface area (Å²) >= 11 is 0. The maximum absolute atomic E-state index is 5.64. The van der Waals surface area contributed by atoms with Crippen LogP contribution in [0.2, 0.25) is 0 Å². The van der Waals surface area contributed by atoms with Crippen LogP contribution in [0.1, 0.15) is 36.5 Å². The quantitative estimate of drug-likeness (QED) is 0.635. The molecule has 1 heteroatoms. The van der Waals surface area contributed by atoms with Crippen LogP contribution in [-0.4, -0.2) is 0 Å². The van der Waals surface area contributed by atoms with E-state index in [-0.39, 0.29) is 0 Å². The van der Waals surface area contributed by atoms with E-state index in [1.165, 1.54) is 11.1 Å². The lowest BCUT2D eigenvalue weighted by Gasteiger charge is -1.89. The molecule has 0 N–H and O–H groups in total. The van der Waals surface area contributed by atoms with Gasteiger partial charge < -0.3 is 4.42 Å². The van der Waals surface area contributed by atoms with Gasteiger partial charge in [-0.1, -0.05) is 13.8 Å². The molecule has 0 bridgehead atoms. The van der Waals surface area contributed by atoms with Gasteiger partial charge in [-0.3, -0.25) is 0 Å². The Balaban J connectivity index is 3.12. The van der Waals surface area contributed by atoms with Gasteiger partial charge in [-0.15, -0.1) is 0 Å². The van der Waals surface area contributed by atoms with E-state index in [0.29, 0.717) is 0 Å². The first-order valence-electron chi connectivity index (χ1n) is 4.28. The van der Waals surface area contributed by atoms with Gasteiger partial charge in [-0.05, 0) is 25.0 Å². The minimum absolute atomic E-state index is 1.01. The Hall–Kier alpha value is -0.720. The molecule has 0 fully saturated rings. The van der Waals surface area contributed by atoms with E-state index in [1.54, 1.807) is 0 Å². The smallest absolute Gasteiger partial charge is 0.107 e. The van der Waals surface area contributed by atoms with Crippen LogP contribution in [0.25, 0.3) is 0 Å². The van der Waals surface area contributed by atoms with Gasteiger partial charge in [0.05, 0.1) is 0 Å². The maximum atomic E-state index is 5.64. The van der Waals surface area contributed by atoms with Gasteiger partial charge in [0.25, 0.3) is 0 Å². The molecule has 0 aliphatic heterocycles. The lowest BCUT2D eigenvalue weighted by molar-refractivity contribution is 0.471. The number of rotatable bonds is 2. The summed E-state index contributed by atoms with van der Waals surface area (Å²) in [5.74, 6) is 2.30. The molecule has 62 valence electrons. The average Bonchev–Trinajstić information content (AvgIpc) is 2.30. The molecule has 1 rings (SSSR count). The summed E-state index contributed by atoms with van der Waals surface area (Å²) in [6.45, 7) is 8.53. The highest BCUT2D eigenvalue weighted by Crippen LogP contribution is 2.21. The van der Waals surface area contributed by atoms with Crippen LogP contribution < -0.4 is 0 Å². The van der Waals surface area contributed by atoms with E-state index in [1.807, 2.05) is 0 Å². The fourth-order valence-electron chi connectivity index (χ4n) is 1.39. The Bertz CT molecular complexity index is 221. The number of furan rings is 1. The normalized spacial score (nSPS) is 10.5. The van der Waals surface area contributed by atoms with Gasteiger partial charge in [0.15, 0.2) is 0 Å². The molecule has 0 saturated heterocycles. The molecule has 1 heterocycles. The highest BCUT2D eigenvalue weighted by atomic mass is 16.3. The second-order valence-corrected chi connectivity index (χ2v) is 2.91. The Morgan fingerprint density at radius 1 is 0.909 bits per heavy atom. The average molecular weight is 152 g/mol. The molecule has 1 aromatic rings. The third-order valence-corrected chi connectivity index (χ3v) is 2.29. The Morgan fingerprint density at radius 2 is 1.27 bits per heavy atom. The predicted octanol–water partition coefficient (Wildman–Crippen LogP) is 3.02. The maximum Gasteiger partial charge on any atom is 0.107 e. The summed E-state index contributed by atoms with van der Waals surface area (Å²) in [5, 5.41) is 0. The van der Waals surface area contributed by atoms with E-state index in [0.717, 1.165) is 24.4 Å². The first kappa shape index (κ1) is 8.38. The molecule has 1 aromatic heterocycles. The predicted molar refractivity (Wildman–Crippen MR) is 46.9 cm³/mol. The van der Waals surface area contributed by atoms with Crippen LogP contribution in [0, 0.1) is 13.8 Å². The third-order valence-electron chi connectivity index (χ3n) is 2.29. The summed E-state index contributed by atoms with van der Waals surface area (Å²) in [4.78, 5) is 0. The molecule has 1 nitrogen and oxygen atoms in total. The number of hydrogen-bond acceptors (Lipinski definition) is 1. The van der Waals surface area contributed by atoms with Crippen LogP contribution >= 0.6 is 0 Å². The van der Waals surface area contributed by atoms with Crippen molar-refractivity contribution in [2.45, 2.75) is 40.5 Å². The van der Waals surface area contributed by atoms with Gasteiger partial charge >= 0.3 is 0 Å². The summed E-state index contributed by atoms with van der Waals surface area (Å²) in [5.41, 5.74) is 2.67. The van der Waals surface area contributed by atoms with Crippen LogP contribution in [0.3, 0.4) is 0 Å². The molecule has 0 amide bonds. The van der Waals surface area contributed by atoms with Crippen molar-refractivity contribution in [2.75, 3.05) is 0 Å². The Morgan fingerprint density at radius 3 is 1.45 bits per heavy atom. The van der Waals surface area contributed by atoms with Crippen LogP contribution in [0.4, 0.5) is 0 Å². The summed E-state index contributed by atoms with van der Waals surface area (Å²) in [7, 11) is 0. The second-order valence-electron chi connectivity index (χ2n) is 2.91. The lowest BCUT2D eigenvalue weighted by Crippen LogP contribution is -1.80. The van der Waals surface area contributed by atoms with Gasteiger partial charge in [0, 0.05) is 12.8 Å². The molecule has 0 radical (unpaired) electrons. The van der Waals surface area contributed by atoms with Crippen LogP contribution in [-0.2, 0) is 12.8 Å². The van der Waals surface area contributed by atoms with Crippen molar-refractivity contribution in [3.63, 3.8) is 0 Å². The fourth-order valence-corrected chi connectivity index (χ4v) is 1.39. The molecule has 0 aliphatic carbocycles. The molecule has 0 atom stereocenters. The highest BCUT2D eigenvalue weighted by molar-refractivity contribution is 5.31. The largest absolute Gasteiger partial charge is 0.466 e. The van der Waals surface area contributed by atoms with Crippen molar-refractivity contribution in [2.24, 2.45) is 0 Å². The van der Waals surface area contributed by atoms with E-state index < -0.39 is 0 Å². The summed E-state index contributed by atoms with van der Waals surface area (Å²) in [6, 6.07) is 0. The molecule has 0 aliphatic rings. The van der Waals surface area contributed by atoms with Crippen molar-refractivity contribution in [1.29, 1.82) is 0 Å². The van der Waals surface area contributed by atoms with Crippen molar-refractivity contribution in [1.82, 2.24) is 0 Å². The molecule has 11 heavy (non-hydrogen) atoms. The zero-order valence-corrected chi connectivity index (χ0v) is 7.82. The SMILES string of the molecule is CCc1oc(CC)c(C)c1C. The Kier molecular flexibility index (Phi) is 2.38.